The zero-order valence-electron chi connectivity index (χ0n) is 12.8. The molecule has 0 fully saturated rings. The fourth-order valence-corrected chi connectivity index (χ4v) is 2.08. The van der Waals surface area contributed by atoms with Crippen LogP contribution in [0.5, 0.6) is 0 Å². The summed E-state index contributed by atoms with van der Waals surface area (Å²) in [5, 5.41) is 17.6. The lowest BCUT2D eigenvalue weighted by Crippen LogP contribution is -2.32. The predicted octanol–water partition coefficient (Wildman–Crippen LogP) is 0.0524. The molecule has 0 aromatic carbocycles. The zero-order chi connectivity index (χ0) is 17.7. The molecule has 0 bridgehead atoms. The van der Waals surface area contributed by atoms with E-state index in [9.17, 15) is 9.59 Å². The topological polar surface area (TPSA) is 152 Å². The lowest BCUT2D eigenvalue weighted by molar-refractivity contribution is -0.139. The van der Waals surface area contributed by atoms with Gasteiger partial charge in [-0.3, -0.25) is 19.6 Å². The number of carboxylic acid groups (broad SMARTS) is 2. The van der Waals surface area contributed by atoms with Crippen molar-refractivity contribution < 1.29 is 19.8 Å². The van der Waals surface area contributed by atoms with Crippen molar-refractivity contribution in [1.29, 1.82) is 0 Å². The summed E-state index contributed by atoms with van der Waals surface area (Å²) in [6.07, 6.45) is 3.52. The molecule has 126 valence electrons. The second kappa shape index (κ2) is 7.62. The molecule has 0 amide bonds. The number of carbonyl (C=O) groups is 2. The van der Waals surface area contributed by atoms with Gasteiger partial charge in [-0.15, -0.1) is 0 Å². The van der Waals surface area contributed by atoms with Gasteiger partial charge in [0.05, 0.1) is 11.4 Å². The predicted molar refractivity (Wildman–Crippen MR) is 86.1 cm³/mol. The summed E-state index contributed by atoms with van der Waals surface area (Å²) in [5.74, 6) is -2.12. The van der Waals surface area contributed by atoms with Crippen LogP contribution in [0.4, 0.5) is 0 Å². The van der Waals surface area contributed by atoms with Crippen molar-refractivity contribution >= 4 is 11.9 Å². The first kappa shape index (κ1) is 17.5. The lowest BCUT2D eigenvalue weighted by Gasteiger charge is -2.08. The van der Waals surface area contributed by atoms with Gasteiger partial charge in [0.1, 0.15) is 12.1 Å². The molecule has 0 radical (unpaired) electrons. The molecule has 8 nitrogen and oxygen atoms in total. The third-order valence-electron chi connectivity index (χ3n) is 3.46. The van der Waals surface area contributed by atoms with Crippen LogP contribution in [0.1, 0.15) is 11.1 Å². The SMILES string of the molecule is NC(Cc1ccc(-c2ccc(CC(N)C(=O)O)cn2)nc1)C(=O)O. The molecule has 6 N–H and O–H groups in total. The van der Waals surface area contributed by atoms with E-state index >= 15 is 0 Å². The molecule has 2 heterocycles. The van der Waals surface area contributed by atoms with Crippen molar-refractivity contribution in [2.45, 2.75) is 24.9 Å². The highest BCUT2D eigenvalue weighted by Gasteiger charge is 2.14. The Morgan fingerprint density at radius 2 is 1.21 bits per heavy atom. The molecular formula is C16H18N4O4. The van der Waals surface area contributed by atoms with Gasteiger partial charge in [0.15, 0.2) is 0 Å². The fourth-order valence-electron chi connectivity index (χ4n) is 2.08. The van der Waals surface area contributed by atoms with Gasteiger partial charge < -0.3 is 21.7 Å². The molecule has 0 spiro atoms. The summed E-state index contributed by atoms with van der Waals surface area (Å²) < 4.78 is 0. The van der Waals surface area contributed by atoms with E-state index in [-0.39, 0.29) is 12.8 Å². The molecule has 2 rings (SSSR count). The van der Waals surface area contributed by atoms with Crippen molar-refractivity contribution in [1.82, 2.24) is 9.97 Å². The Morgan fingerprint density at radius 1 is 0.833 bits per heavy atom. The van der Waals surface area contributed by atoms with Gasteiger partial charge in [-0.1, -0.05) is 12.1 Å². The molecular weight excluding hydrogens is 312 g/mol. The van der Waals surface area contributed by atoms with Gasteiger partial charge in [-0.25, -0.2) is 0 Å². The van der Waals surface area contributed by atoms with E-state index in [4.69, 9.17) is 21.7 Å². The van der Waals surface area contributed by atoms with Crippen molar-refractivity contribution in [2.24, 2.45) is 11.5 Å². The average molecular weight is 330 g/mol. The van der Waals surface area contributed by atoms with E-state index in [2.05, 4.69) is 9.97 Å². The second-order valence-electron chi connectivity index (χ2n) is 5.40. The molecule has 0 aliphatic heterocycles. The molecule has 2 aromatic heterocycles. The maximum Gasteiger partial charge on any atom is 0.320 e. The minimum Gasteiger partial charge on any atom is -0.480 e. The van der Waals surface area contributed by atoms with E-state index in [1.165, 1.54) is 0 Å². The van der Waals surface area contributed by atoms with E-state index < -0.39 is 24.0 Å². The number of hydrogen-bond donors (Lipinski definition) is 4. The molecule has 0 saturated carbocycles. The van der Waals surface area contributed by atoms with E-state index in [1.807, 2.05) is 0 Å². The number of aromatic nitrogens is 2. The minimum atomic E-state index is -1.06. The van der Waals surface area contributed by atoms with Crippen molar-refractivity contribution in [2.75, 3.05) is 0 Å². The first-order valence-electron chi connectivity index (χ1n) is 7.24. The van der Waals surface area contributed by atoms with Crippen LogP contribution in [0.25, 0.3) is 11.4 Å². The summed E-state index contributed by atoms with van der Waals surface area (Å²) in [5.41, 5.74) is 13.7. The summed E-state index contributed by atoms with van der Waals surface area (Å²) in [4.78, 5) is 30.0. The number of nitrogens with zero attached hydrogens (tertiary/aromatic N) is 2. The molecule has 2 atom stereocenters. The van der Waals surface area contributed by atoms with Crippen molar-refractivity contribution in [3.63, 3.8) is 0 Å². The Hall–Kier alpha value is -2.84. The van der Waals surface area contributed by atoms with E-state index in [0.717, 1.165) is 11.1 Å². The van der Waals surface area contributed by atoms with Crippen LogP contribution in [0.3, 0.4) is 0 Å². The Bertz CT molecular complexity index is 652. The standard InChI is InChI=1S/C16H18N4O4/c17-11(15(21)22)5-9-1-3-13(19-7-9)14-4-2-10(8-20-14)6-12(18)16(23)24/h1-4,7-8,11-12H,5-6,17-18H2,(H,21,22)(H,23,24). The van der Waals surface area contributed by atoms with Crippen LogP contribution in [-0.2, 0) is 22.4 Å². The number of pyridine rings is 2. The minimum absolute atomic E-state index is 0.196. The van der Waals surface area contributed by atoms with Crippen LogP contribution in [0.2, 0.25) is 0 Å². The van der Waals surface area contributed by atoms with E-state index in [1.54, 1.807) is 36.7 Å². The first-order valence-corrected chi connectivity index (χ1v) is 7.24. The number of rotatable bonds is 7. The molecule has 0 aliphatic rings. The lowest BCUT2D eigenvalue weighted by atomic mass is 10.1. The summed E-state index contributed by atoms with van der Waals surface area (Å²) in [6, 6.07) is 5.04. The first-order chi connectivity index (χ1) is 11.4. The van der Waals surface area contributed by atoms with Crippen LogP contribution < -0.4 is 11.5 Å². The molecule has 2 aromatic rings. The molecule has 2 unspecified atom stereocenters. The number of aliphatic carboxylic acids is 2. The summed E-state index contributed by atoms with van der Waals surface area (Å²) in [6.45, 7) is 0. The average Bonchev–Trinajstić information content (AvgIpc) is 2.56. The highest BCUT2D eigenvalue weighted by atomic mass is 16.4. The molecule has 24 heavy (non-hydrogen) atoms. The second-order valence-corrected chi connectivity index (χ2v) is 5.40. The Balaban J connectivity index is 2.06. The van der Waals surface area contributed by atoms with Crippen molar-refractivity contribution in [3.05, 3.63) is 47.8 Å². The smallest absolute Gasteiger partial charge is 0.320 e. The van der Waals surface area contributed by atoms with Gasteiger partial charge in [0, 0.05) is 12.4 Å². The normalized spacial score (nSPS) is 13.2. The molecule has 0 saturated heterocycles. The Labute approximate surface area is 138 Å². The van der Waals surface area contributed by atoms with Crippen LogP contribution in [0, 0.1) is 0 Å². The number of nitrogens with two attached hydrogens (primary N) is 2. The van der Waals surface area contributed by atoms with Gasteiger partial charge in [0.25, 0.3) is 0 Å². The molecule has 8 heteroatoms. The third-order valence-corrected chi connectivity index (χ3v) is 3.46. The Morgan fingerprint density at radius 3 is 1.46 bits per heavy atom. The highest BCUT2D eigenvalue weighted by Crippen LogP contribution is 2.16. The maximum absolute atomic E-state index is 10.7. The number of carboxylic acids is 2. The Kier molecular flexibility index (Phi) is 5.56. The van der Waals surface area contributed by atoms with Crippen LogP contribution in [-0.4, -0.2) is 44.2 Å². The highest BCUT2D eigenvalue weighted by molar-refractivity contribution is 5.74. The maximum atomic E-state index is 10.7. The van der Waals surface area contributed by atoms with Gasteiger partial charge in [0.2, 0.25) is 0 Å². The van der Waals surface area contributed by atoms with E-state index in [0.29, 0.717) is 11.4 Å². The molecule has 0 aliphatic carbocycles. The summed E-state index contributed by atoms with van der Waals surface area (Å²) >= 11 is 0. The van der Waals surface area contributed by atoms with Gasteiger partial charge in [-0.05, 0) is 36.1 Å². The van der Waals surface area contributed by atoms with Gasteiger partial charge in [-0.2, -0.15) is 0 Å². The zero-order valence-corrected chi connectivity index (χ0v) is 12.8. The van der Waals surface area contributed by atoms with Crippen molar-refractivity contribution in [3.8, 4) is 11.4 Å². The monoisotopic (exact) mass is 330 g/mol. The van der Waals surface area contributed by atoms with Gasteiger partial charge >= 0.3 is 11.9 Å². The third kappa shape index (κ3) is 4.58. The fraction of sp³-hybridized carbons (Fsp3) is 0.250. The quantitative estimate of drug-likeness (QED) is 0.555. The summed E-state index contributed by atoms with van der Waals surface area (Å²) in [7, 11) is 0. The largest absolute Gasteiger partial charge is 0.480 e. The number of hydrogen-bond acceptors (Lipinski definition) is 6. The van der Waals surface area contributed by atoms with Crippen LogP contribution >= 0.6 is 0 Å². The van der Waals surface area contributed by atoms with Crippen LogP contribution in [0.15, 0.2) is 36.7 Å².